The second-order valence-corrected chi connectivity index (χ2v) is 8.55. The Morgan fingerprint density at radius 2 is 2.09 bits per heavy atom. The van der Waals surface area contributed by atoms with Crippen molar-refractivity contribution in [1.82, 2.24) is 25.0 Å². The lowest BCUT2D eigenvalue weighted by molar-refractivity contribution is 0.0938. The van der Waals surface area contributed by atoms with Crippen molar-refractivity contribution in [2.75, 3.05) is 33.4 Å². The third-order valence-corrected chi connectivity index (χ3v) is 6.48. The molecule has 0 bridgehead atoms. The van der Waals surface area contributed by atoms with Gasteiger partial charge in [-0.15, -0.1) is 0 Å². The monoisotopic (exact) mass is 435 g/mol. The Morgan fingerprint density at radius 3 is 2.84 bits per heavy atom. The number of rotatable bonds is 8. The van der Waals surface area contributed by atoms with Gasteiger partial charge in [0.1, 0.15) is 0 Å². The Balaban J connectivity index is 1.55. The van der Waals surface area contributed by atoms with Gasteiger partial charge in [-0.2, -0.15) is 5.10 Å². The fourth-order valence-corrected chi connectivity index (χ4v) is 4.67. The van der Waals surface area contributed by atoms with Gasteiger partial charge in [0.05, 0.1) is 23.4 Å². The number of carbonyl (C=O) groups excluding carboxylic acids is 1. The van der Waals surface area contributed by atoms with Crippen LogP contribution >= 0.6 is 0 Å². The van der Waals surface area contributed by atoms with Crippen LogP contribution in [0.4, 0.5) is 0 Å². The summed E-state index contributed by atoms with van der Waals surface area (Å²) in [5.74, 6) is 0.238. The Kier molecular flexibility index (Phi) is 6.86. The summed E-state index contributed by atoms with van der Waals surface area (Å²) in [6.45, 7) is 11.1. The van der Waals surface area contributed by atoms with Gasteiger partial charge in [0, 0.05) is 61.5 Å². The van der Waals surface area contributed by atoms with Gasteiger partial charge in [-0.1, -0.05) is 18.2 Å². The zero-order valence-electron chi connectivity index (χ0n) is 19.5. The van der Waals surface area contributed by atoms with E-state index in [2.05, 4.69) is 40.8 Å². The maximum absolute atomic E-state index is 12.9. The van der Waals surface area contributed by atoms with Crippen LogP contribution in [-0.4, -0.2) is 58.9 Å². The number of nitrogens with one attached hydrogen (secondary N) is 1. The largest absolute Gasteiger partial charge is 0.383 e. The minimum atomic E-state index is -0.0741. The van der Waals surface area contributed by atoms with Crippen LogP contribution in [0.25, 0.3) is 10.9 Å². The molecule has 4 rings (SSSR count). The van der Waals surface area contributed by atoms with Crippen LogP contribution in [0.5, 0.6) is 0 Å². The molecule has 1 atom stereocenters. The fraction of sp³-hybridized carbons (Fsp3) is 0.480. The third-order valence-electron chi connectivity index (χ3n) is 6.48. The molecule has 3 aromatic rings. The number of amides is 1. The van der Waals surface area contributed by atoms with E-state index < -0.39 is 0 Å². The highest BCUT2D eigenvalue weighted by Gasteiger charge is 2.27. The molecule has 1 unspecified atom stereocenters. The van der Waals surface area contributed by atoms with Gasteiger partial charge < -0.3 is 10.1 Å². The summed E-state index contributed by atoms with van der Waals surface area (Å²) in [4.78, 5) is 20.3. The van der Waals surface area contributed by atoms with E-state index in [0.29, 0.717) is 24.6 Å². The lowest BCUT2D eigenvalue weighted by Crippen LogP contribution is -2.27. The normalized spacial score (nSPS) is 16.7. The van der Waals surface area contributed by atoms with Gasteiger partial charge in [0.2, 0.25) is 0 Å². The van der Waals surface area contributed by atoms with Gasteiger partial charge >= 0.3 is 0 Å². The van der Waals surface area contributed by atoms with E-state index in [9.17, 15) is 4.79 Å². The number of fused-ring (bicyclic) bond motifs is 1. The molecule has 7 heteroatoms. The summed E-state index contributed by atoms with van der Waals surface area (Å²) in [5.41, 5.74) is 6.27. The van der Waals surface area contributed by atoms with Gasteiger partial charge in [-0.3, -0.25) is 19.4 Å². The summed E-state index contributed by atoms with van der Waals surface area (Å²) in [7, 11) is 1.63. The minimum absolute atomic E-state index is 0.0741. The van der Waals surface area contributed by atoms with Crippen molar-refractivity contribution < 1.29 is 9.53 Å². The number of benzene rings is 1. The summed E-state index contributed by atoms with van der Waals surface area (Å²) in [5, 5.41) is 8.52. The average molecular weight is 436 g/mol. The van der Waals surface area contributed by atoms with Crippen molar-refractivity contribution in [2.45, 2.75) is 46.2 Å². The number of pyridine rings is 1. The van der Waals surface area contributed by atoms with E-state index in [1.54, 1.807) is 7.11 Å². The first-order chi connectivity index (χ1) is 15.5. The molecule has 3 heterocycles. The molecule has 7 nitrogen and oxygen atoms in total. The Morgan fingerprint density at radius 1 is 1.28 bits per heavy atom. The number of ether oxygens (including phenoxy) is 1. The highest BCUT2D eigenvalue weighted by molar-refractivity contribution is 6.06. The molecule has 0 aliphatic carbocycles. The average Bonchev–Trinajstić information content (AvgIpc) is 3.38. The number of nitrogens with zero attached hydrogens (tertiary/aromatic N) is 4. The number of carbonyl (C=O) groups is 1. The number of aromatic nitrogens is 3. The van der Waals surface area contributed by atoms with Crippen molar-refractivity contribution >= 4 is 16.8 Å². The molecule has 1 N–H and O–H groups in total. The number of aryl methyl sites for hydroxylation is 2. The van der Waals surface area contributed by atoms with Crippen LogP contribution in [0, 0.1) is 13.8 Å². The predicted molar refractivity (Wildman–Crippen MR) is 126 cm³/mol. The molecule has 1 aliphatic heterocycles. The molecule has 1 aromatic carbocycles. The number of methoxy groups -OCH3 is 1. The summed E-state index contributed by atoms with van der Waals surface area (Å²) in [6, 6.07) is 9.88. The smallest absolute Gasteiger partial charge is 0.252 e. The number of hydrogen-bond donors (Lipinski definition) is 1. The predicted octanol–water partition coefficient (Wildman–Crippen LogP) is 3.43. The molecule has 170 valence electrons. The third kappa shape index (κ3) is 4.54. The second-order valence-electron chi connectivity index (χ2n) is 8.55. The van der Waals surface area contributed by atoms with Crippen LogP contribution < -0.4 is 5.32 Å². The quantitative estimate of drug-likeness (QED) is 0.549. The lowest BCUT2D eigenvalue weighted by Gasteiger charge is -2.17. The van der Waals surface area contributed by atoms with E-state index in [4.69, 9.17) is 9.72 Å². The summed E-state index contributed by atoms with van der Waals surface area (Å²) < 4.78 is 7.15. The van der Waals surface area contributed by atoms with Crippen molar-refractivity contribution in [3.63, 3.8) is 0 Å². The van der Waals surface area contributed by atoms with Crippen LogP contribution in [-0.2, 0) is 17.8 Å². The first-order valence-corrected chi connectivity index (χ1v) is 11.4. The molecule has 1 fully saturated rings. The molecule has 0 radical (unpaired) electrons. The molecule has 0 spiro atoms. The van der Waals surface area contributed by atoms with E-state index in [1.165, 1.54) is 11.3 Å². The highest BCUT2D eigenvalue weighted by atomic mass is 16.5. The van der Waals surface area contributed by atoms with Gasteiger partial charge in [-0.05, 0) is 45.9 Å². The number of hydrogen-bond acceptors (Lipinski definition) is 5. The molecule has 1 aliphatic rings. The molecule has 1 amide bonds. The van der Waals surface area contributed by atoms with E-state index >= 15 is 0 Å². The van der Waals surface area contributed by atoms with Gasteiger partial charge in [0.15, 0.2) is 0 Å². The Bertz CT molecular complexity index is 1110. The first kappa shape index (κ1) is 22.4. The molecular formula is C25H33N5O2. The fourth-order valence-electron chi connectivity index (χ4n) is 4.67. The maximum Gasteiger partial charge on any atom is 0.252 e. The van der Waals surface area contributed by atoms with Crippen molar-refractivity contribution in [3.05, 3.63) is 58.5 Å². The minimum Gasteiger partial charge on any atom is -0.383 e. The molecule has 1 saturated heterocycles. The molecular weight excluding hydrogens is 402 g/mol. The SMILES string of the molecule is CCn1nc(C)c(CN2CCC(c3cc(C(=O)NCCOC)c4ccccc4n3)C2)c1C. The topological polar surface area (TPSA) is 72.3 Å². The van der Waals surface area contributed by atoms with Crippen LogP contribution in [0.15, 0.2) is 30.3 Å². The molecule has 2 aromatic heterocycles. The molecule has 32 heavy (non-hydrogen) atoms. The Labute approximate surface area is 189 Å². The van der Waals surface area contributed by atoms with Crippen LogP contribution in [0.2, 0.25) is 0 Å². The lowest BCUT2D eigenvalue weighted by atomic mass is 9.99. The van der Waals surface area contributed by atoms with E-state index in [0.717, 1.165) is 54.9 Å². The molecule has 0 saturated carbocycles. The van der Waals surface area contributed by atoms with E-state index in [1.807, 2.05) is 30.3 Å². The van der Waals surface area contributed by atoms with Gasteiger partial charge in [0.25, 0.3) is 5.91 Å². The number of para-hydroxylation sites is 1. The van der Waals surface area contributed by atoms with Crippen molar-refractivity contribution in [3.8, 4) is 0 Å². The van der Waals surface area contributed by atoms with Crippen LogP contribution in [0.1, 0.15) is 52.3 Å². The summed E-state index contributed by atoms with van der Waals surface area (Å²) >= 11 is 0. The zero-order chi connectivity index (χ0) is 22.7. The standard InChI is InChI=1S/C25H33N5O2/c1-5-30-18(3)22(17(2)28-30)16-29-12-10-19(15-29)24-14-21(25(31)26-11-13-32-4)20-8-6-7-9-23(20)27-24/h6-9,14,19H,5,10-13,15-16H2,1-4H3,(H,26,31). The zero-order valence-corrected chi connectivity index (χ0v) is 19.5. The first-order valence-electron chi connectivity index (χ1n) is 11.4. The van der Waals surface area contributed by atoms with Crippen LogP contribution in [0.3, 0.4) is 0 Å². The van der Waals surface area contributed by atoms with E-state index in [-0.39, 0.29) is 5.91 Å². The second kappa shape index (κ2) is 9.79. The van der Waals surface area contributed by atoms with Gasteiger partial charge in [-0.25, -0.2) is 0 Å². The summed E-state index contributed by atoms with van der Waals surface area (Å²) in [6.07, 6.45) is 1.04. The Hall–Kier alpha value is -2.77. The maximum atomic E-state index is 12.9. The van der Waals surface area contributed by atoms with Crippen molar-refractivity contribution in [2.24, 2.45) is 0 Å². The van der Waals surface area contributed by atoms with Crippen molar-refractivity contribution in [1.29, 1.82) is 0 Å². The highest BCUT2D eigenvalue weighted by Crippen LogP contribution is 2.31. The number of likely N-dealkylation sites (tertiary alicyclic amines) is 1.